The molecular formula is C22H25NO6. The van der Waals surface area contributed by atoms with Crippen molar-refractivity contribution in [3.05, 3.63) is 45.0 Å². The Hall–Kier alpha value is -3.09. The van der Waals surface area contributed by atoms with Gasteiger partial charge in [0.25, 0.3) is 0 Å². The predicted octanol–water partition coefficient (Wildman–Crippen LogP) is 3.77. The molecule has 0 radical (unpaired) electrons. The van der Waals surface area contributed by atoms with Crippen LogP contribution in [0.1, 0.15) is 48.1 Å². The zero-order valence-electron chi connectivity index (χ0n) is 16.9. The third kappa shape index (κ3) is 4.50. The van der Waals surface area contributed by atoms with Crippen molar-refractivity contribution in [2.75, 3.05) is 6.54 Å². The van der Waals surface area contributed by atoms with Gasteiger partial charge in [0.15, 0.2) is 0 Å². The Balaban J connectivity index is 1.74. The Kier molecular flexibility index (Phi) is 6.06. The molecular weight excluding hydrogens is 374 g/mol. The number of carbonyl (C=O) groups is 2. The molecule has 2 aromatic heterocycles. The average Bonchev–Trinajstić information content (AvgIpc) is 2.93. The number of amides is 1. The molecule has 0 unspecified atom stereocenters. The number of rotatable bonds is 8. The molecule has 0 saturated heterocycles. The fraction of sp³-hybridized carbons (Fsp3) is 0.409. The van der Waals surface area contributed by atoms with Crippen LogP contribution in [0.3, 0.4) is 0 Å². The van der Waals surface area contributed by atoms with E-state index in [1.165, 1.54) is 0 Å². The Labute approximate surface area is 167 Å². The van der Waals surface area contributed by atoms with Crippen LogP contribution in [-0.4, -0.2) is 23.5 Å². The van der Waals surface area contributed by atoms with E-state index >= 15 is 0 Å². The van der Waals surface area contributed by atoms with Crippen LogP contribution >= 0.6 is 0 Å². The fourth-order valence-corrected chi connectivity index (χ4v) is 3.46. The molecule has 29 heavy (non-hydrogen) atoms. The topological polar surface area (TPSA) is 110 Å². The number of hydrogen-bond donors (Lipinski definition) is 2. The summed E-state index contributed by atoms with van der Waals surface area (Å²) in [6, 6.07) is 3.67. The highest BCUT2D eigenvalue weighted by Crippen LogP contribution is 2.30. The molecule has 0 bridgehead atoms. The first kappa shape index (κ1) is 20.6. The third-order valence-electron chi connectivity index (χ3n) is 5.31. The van der Waals surface area contributed by atoms with Gasteiger partial charge in [0.05, 0.1) is 12.0 Å². The smallest absolute Gasteiger partial charge is 0.340 e. The lowest BCUT2D eigenvalue weighted by molar-refractivity contribution is -0.137. The first-order valence-electron chi connectivity index (χ1n) is 9.72. The number of carboxylic acid groups (broad SMARTS) is 1. The number of carboxylic acids is 1. The highest BCUT2D eigenvalue weighted by molar-refractivity contribution is 5.97. The lowest BCUT2D eigenvalue weighted by Crippen LogP contribution is -2.28. The molecule has 0 fully saturated rings. The van der Waals surface area contributed by atoms with Gasteiger partial charge >= 0.3 is 11.6 Å². The van der Waals surface area contributed by atoms with Crippen molar-refractivity contribution in [2.24, 2.45) is 0 Å². The van der Waals surface area contributed by atoms with E-state index in [0.717, 1.165) is 34.1 Å². The van der Waals surface area contributed by atoms with Gasteiger partial charge in [-0.05, 0) is 50.8 Å². The van der Waals surface area contributed by atoms with E-state index in [-0.39, 0.29) is 18.7 Å². The van der Waals surface area contributed by atoms with Crippen LogP contribution in [-0.2, 0) is 16.0 Å². The average molecular weight is 399 g/mol. The molecule has 7 nitrogen and oxygen atoms in total. The van der Waals surface area contributed by atoms with Crippen molar-refractivity contribution in [2.45, 2.75) is 52.9 Å². The number of aliphatic carboxylic acids is 1. The van der Waals surface area contributed by atoms with E-state index in [4.69, 9.17) is 13.9 Å². The Bertz CT molecular complexity index is 1140. The molecule has 1 aromatic carbocycles. The predicted molar refractivity (Wildman–Crippen MR) is 109 cm³/mol. The van der Waals surface area contributed by atoms with Gasteiger partial charge < -0.3 is 19.3 Å². The summed E-state index contributed by atoms with van der Waals surface area (Å²) in [4.78, 5) is 35.2. The van der Waals surface area contributed by atoms with Gasteiger partial charge in [0.2, 0.25) is 5.91 Å². The van der Waals surface area contributed by atoms with E-state index < -0.39 is 11.6 Å². The Morgan fingerprint density at radius 1 is 0.966 bits per heavy atom. The van der Waals surface area contributed by atoms with Crippen molar-refractivity contribution in [3.8, 4) is 0 Å². The van der Waals surface area contributed by atoms with Crippen LogP contribution in [0, 0.1) is 20.8 Å². The number of fused-ring (bicyclic) bond motifs is 2. The van der Waals surface area contributed by atoms with Crippen molar-refractivity contribution in [1.82, 2.24) is 5.32 Å². The van der Waals surface area contributed by atoms with E-state index in [1.54, 1.807) is 6.07 Å². The van der Waals surface area contributed by atoms with Crippen molar-refractivity contribution in [1.29, 1.82) is 0 Å². The monoisotopic (exact) mass is 399 g/mol. The molecule has 0 spiro atoms. The second-order valence-corrected chi connectivity index (χ2v) is 7.35. The quantitative estimate of drug-likeness (QED) is 0.441. The zero-order chi connectivity index (χ0) is 21.1. The molecule has 3 rings (SSSR count). The summed E-state index contributed by atoms with van der Waals surface area (Å²) >= 11 is 0. The summed E-state index contributed by atoms with van der Waals surface area (Å²) in [6.07, 6.45) is 2.08. The normalized spacial score (nSPS) is 11.3. The largest absolute Gasteiger partial charge is 0.481 e. The van der Waals surface area contributed by atoms with Crippen molar-refractivity contribution >= 4 is 33.8 Å². The van der Waals surface area contributed by atoms with Gasteiger partial charge in [-0.1, -0.05) is 6.42 Å². The summed E-state index contributed by atoms with van der Waals surface area (Å²) in [5, 5.41) is 13.1. The molecule has 0 atom stereocenters. The van der Waals surface area contributed by atoms with Gasteiger partial charge in [-0.2, -0.15) is 0 Å². The first-order valence-corrected chi connectivity index (χ1v) is 9.72. The highest BCUT2D eigenvalue weighted by atomic mass is 16.4. The van der Waals surface area contributed by atoms with E-state index in [9.17, 15) is 14.4 Å². The molecule has 0 aliphatic carbocycles. The zero-order valence-corrected chi connectivity index (χ0v) is 16.9. The van der Waals surface area contributed by atoms with Gasteiger partial charge in [0.1, 0.15) is 16.9 Å². The molecule has 7 heteroatoms. The van der Waals surface area contributed by atoms with Crippen molar-refractivity contribution in [3.63, 3.8) is 0 Å². The van der Waals surface area contributed by atoms with Crippen molar-refractivity contribution < 1.29 is 23.5 Å². The standard InChI is InChI=1S/C22H25NO6/c1-12-14(3)28-18-11-19-16(9-15(12)18)13(2)17(22(27)29-19)10-20(24)23-8-6-4-5-7-21(25)26/h9,11H,4-8,10H2,1-3H3,(H,23,24)(H,25,26). The van der Waals surface area contributed by atoms with E-state index in [1.807, 2.05) is 26.8 Å². The van der Waals surface area contributed by atoms with Gasteiger partial charge in [-0.15, -0.1) is 0 Å². The number of aryl methyl sites for hydroxylation is 3. The van der Waals surface area contributed by atoms with E-state index in [2.05, 4.69) is 5.32 Å². The maximum Gasteiger partial charge on any atom is 0.340 e. The summed E-state index contributed by atoms with van der Waals surface area (Å²) in [5.74, 6) is -0.252. The van der Waals surface area contributed by atoms with Crippen LogP contribution in [0.2, 0.25) is 0 Å². The lowest BCUT2D eigenvalue weighted by Gasteiger charge is -2.09. The maximum absolute atomic E-state index is 12.4. The third-order valence-corrected chi connectivity index (χ3v) is 5.31. The lowest BCUT2D eigenvalue weighted by atomic mass is 10.0. The second kappa shape index (κ2) is 8.51. The number of hydrogen-bond acceptors (Lipinski definition) is 5. The Morgan fingerprint density at radius 3 is 2.38 bits per heavy atom. The molecule has 3 aromatic rings. The summed E-state index contributed by atoms with van der Waals surface area (Å²) in [6.45, 7) is 6.14. The van der Waals surface area contributed by atoms with Crippen LogP contribution in [0.25, 0.3) is 21.9 Å². The van der Waals surface area contributed by atoms with Crippen LogP contribution in [0.15, 0.2) is 25.8 Å². The van der Waals surface area contributed by atoms with Gasteiger partial charge in [0, 0.05) is 29.8 Å². The summed E-state index contributed by atoms with van der Waals surface area (Å²) in [5.41, 5.74) is 2.70. The number of unbranched alkanes of at least 4 members (excludes halogenated alkanes) is 2. The Morgan fingerprint density at radius 2 is 1.66 bits per heavy atom. The molecule has 1 amide bonds. The summed E-state index contributed by atoms with van der Waals surface area (Å²) < 4.78 is 11.2. The van der Waals surface area contributed by atoms with Gasteiger partial charge in [-0.25, -0.2) is 4.79 Å². The van der Waals surface area contributed by atoms with E-state index in [0.29, 0.717) is 36.1 Å². The number of furan rings is 1. The number of nitrogens with one attached hydrogen (secondary N) is 1. The SMILES string of the molecule is Cc1oc2cc3oc(=O)c(CC(=O)NCCCCCC(=O)O)c(C)c3cc2c1C. The minimum Gasteiger partial charge on any atom is -0.481 e. The highest BCUT2D eigenvalue weighted by Gasteiger charge is 2.17. The first-order chi connectivity index (χ1) is 13.8. The molecule has 154 valence electrons. The minimum atomic E-state index is -0.814. The number of carbonyl (C=O) groups excluding carboxylic acids is 1. The molecule has 0 saturated carbocycles. The van der Waals surface area contributed by atoms with Crippen LogP contribution in [0.4, 0.5) is 0 Å². The van der Waals surface area contributed by atoms with Gasteiger partial charge in [-0.3, -0.25) is 9.59 Å². The van der Waals surface area contributed by atoms with Crippen LogP contribution < -0.4 is 10.9 Å². The minimum absolute atomic E-state index is 0.0549. The summed E-state index contributed by atoms with van der Waals surface area (Å²) in [7, 11) is 0. The van der Waals surface area contributed by atoms with Crippen LogP contribution in [0.5, 0.6) is 0 Å². The molecule has 2 N–H and O–H groups in total. The molecule has 0 aliphatic rings. The molecule has 0 aliphatic heterocycles. The number of benzene rings is 1. The maximum atomic E-state index is 12.4. The fourth-order valence-electron chi connectivity index (χ4n) is 3.46. The molecule has 2 heterocycles. The second-order valence-electron chi connectivity index (χ2n) is 7.35.